The van der Waals surface area contributed by atoms with Crippen LogP contribution in [0, 0.1) is 0 Å². The Kier molecular flexibility index (Phi) is 6.62. The fourth-order valence-corrected chi connectivity index (χ4v) is 2.14. The van der Waals surface area contributed by atoms with Gasteiger partial charge in [-0.1, -0.05) is 19.8 Å². The second-order valence-electron chi connectivity index (χ2n) is 4.68. The van der Waals surface area contributed by atoms with Crippen molar-refractivity contribution >= 4 is 12.1 Å². The smallest absolute Gasteiger partial charge is 0.408 e. The van der Waals surface area contributed by atoms with Crippen molar-refractivity contribution in [3.63, 3.8) is 0 Å². The Morgan fingerprint density at radius 2 is 1.79 bits per heavy atom. The van der Waals surface area contributed by atoms with Crippen LogP contribution in [0.15, 0.2) is 0 Å². The first-order chi connectivity index (χ1) is 9.14. The molecule has 0 spiro atoms. The molecule has 0 heterocycles. The van der Waals surface area contributed by atoms with Crippen molar-refractivity contribution in [1.29, 1.82) is 0 Å². The topological polar surface area (TPSA) is 73.9 Å². The quantitative estimate of drug-likeness (QED) is 0.563. The van der Waals surface area contributed by atoms with Crippen molar-refractivity contribution < 1.29 is 23.8 Å². The third kappa shape index (κ3) is 4.70. The Balaban J connectivity index is 2.51. The number of hydrogen-bond donors (Lipinski definition) is 1. The molecule has 0 radical (unpaired) electrons. The highest BCUT2D eigenvalue weighted by atomic mass is 16.6. The minimum absolute atomic E-state index is 0.169. The Hall–Kier alpha value is -1.30. The molecule has 0 aromatic carbocycles. The molecule has 1 N–H and O–H groups in total. The van der Waals surface area contributed by atoms with E-state index < -0.39 is 11.6 Å². The highest BCUT2D eigenvalue weighted by Crippen LogP contribution is 2.31. The summed E-state index contributed by atoms with van der Waals surface area (Å²) in [6.07, 6.45) is 3.19. The third-order valence-electron chi connectivity index (χ3n) is 3.15. The van der Waals surface area contributed by atoms with Crippen molar-refractivity contribution in [1.82, 2.24) is 5.32 Å². The molecule has 1 rings (SSSR count). The molecule has 1 aliphatic rings. The standard InChI is InChI=1S/C13H23NO5/c1-3-8-18-11(15)13(6-4-5-7-13)14-12(16)19-10-9-17-2/h3-10H2,1-2H3,(H,14,16). The number of amides is 1. The molecule has 0 aromatic rings. The minimum Gasteiger partial charge on any atom is -0.464 e. The largest absolute Gasteiger partial charge is 0.464 e. The van der Waals surface area contributed by atoms with Crippen LogP contribution in [0.1, 0.15) is 39.0 Å². The predicted octanol–water partition coefficient (Wildman–Crippen LogP) is 1.62. The van der Waals surface area contributed by atoms with Gasteiger partial charge in [0.15, 0.2) is 0 Å². The number of methoxy groups -OCH3 is 1. The van der Waals surface area contributed by atoms with Crippen LogP contribution in [0.25, 0.3) is 0 Å². The van der Waals surface area contributed by atoms with Crippen LogP contribution >= 0.6 is 0 Å². The Morgan fingerprint density at radius 3 is 2.37 bits per heavy atom. The molecule has 0 aromatic heterocycles. The lowest BCUT2D eigenvalue weighted by molar-refractivity contribution is -0.151. The molecule has 1 saturated carbocycles. The monoisotopic (exact) mass is 273 g/mol. The van der Waals surface area contributed by atoms with Crippen molar-refractivity contribution in [2.45, 2.75) is 44.6 Å². The molecule has 19 heavy (non-hydrogen) atoms. The maximum Gasteiger partial charge on any atom is 0.408 e. The zero-order valence-corrected chi connectivity index (χ0v) is 11.7. The van der Waals surface area contributed by atoms with Crippen LogP contribution in [0.3, 0.4) is 0 Å². The fourth-order valence-electron chi connectivity index (χ4n) is 2.14. The van der Waals surface area contributed by atoms with Gasteiger partial charge in [0.2, 0.25) is 0 Å². The highest BCUT2D eigenvalue weighted by Gasteiger charge is 2.44. The number of carbonyl (C=O) groups is 2. The zero-order valence-electron chi connectivity index (χ0n) is 11.7. The van der Waals surface area contributed by atoms with Gasteiger partial charge in [-0.05, 0) is 19.3 Å². The summed E-state index contributed by atoms with van der Waals surface area (Å²) in [5.74, 6) is -0.351. The molecule has 1 fully saturated rings. The van der Waals surface area contributed by atoms with Gasteiger partial charge in [0.05, 0.1) is 13.2 Å². The molecule has 0 aliphatic heterocycles. The predicted molar refractivity (Wildman–Crippen MR) is 68.8 cm³/mol. The maximum atomic E-state index is 12.1. The lowest BCUT2D eigenvalue weighted by atomic mass is 9.98. The number of carbonyl (C=O) groups excluding carboxylic acids is 2. The van der Waals surface area contributed by atoms with E-state index in [-0.39, 0.29) is 12.6 Å². The zero-order chi connectivity index (χ0) is 14.1. The van der Waals surface area contributed by atoms with E-state index >= 15 is 0 Å². The van der Waals surface area contributed by atoms with Crippen LogP contribution in [-0.4, -0.2) is 44.5 Å². The number of hydrogen-bond acceptors (Lipinski definition) is 5. The van der Waals surface area contributed by atoms with E-state index in [1.54, 1.807) is 0 Å². The van der Waals surface area contributed by atoms with E-state index in [1.165, 1.54) is 7.11 Å². The third-order valence-corrected chi connectivity index (χ3v) is 3.15. The van der Waals surface area contributed by atoms with Gasteiger partial charge in [-0.15, -0.1) is 0 Å². The van der Waals surface area contributed by atoms with Crippen molar-refractivity contribution in [2.75, 3.05) is 26.9 Å². The molecule has 0 atom stereocenters. The van der Waals surface area contributed by atoms with E-state index in [0.29, 0.717) is 26.1 Å². The molecule has 110 valence electrons. The van der Waals surface area contributed by atoms with Crippen molar-refractivity contribution in [2.24, 2.45) is 0 Å². The first-order valence-corrected chi connectivity index (χ1v) is 6.75. The summed E-state index contributed by atoms with van der Waals surface area (Å²) in [4.78, 5) is 23.7. The second-order valence-corrected chi connectivity index (χ2v) is 4.68. The van der Waals surface area contributed by atoms with Crippen LogP contribution < -0.4 is 5.32 Å². The summed E-state index contributed by atoms with van der Waals surface area (Å²) < 4.78 is 14.9. The number of rotatable bonds is 7. The van der Waals surface area contributed by atoms with Crippen LogP contribution in [0.5, 0.6) is 0 Å². The van der Waals surface area contributed by atoms with Gasteiger partial charge in [-0.2, -0.15) is 0 Å². The Bertz CT molecular complexity index is 299. The van der Waals surface area contributed by atoms with E-state index in [1.807, 2.05) is 6.92 Å². The molecule has 6 nitrogen and oxygen atoms in total. The average molecular weight is 273 g/mol. The van der Waals surface area contributed by atoms with E-state index in [9.17, 15) is 9.59 Å². The van der Waals surface area contributed by atoms with Gasteiger partial charge >= 0.3 is 12.1 Å². The number of esters is 1. The van der Waals surface area contributed by atoms with Crippen LogP contribution in [-0.2, 0) is 19.0 Å². The van der Waals surface area contributed by atoms with Gasteiger partial charge in [0.1, 0.15) is 12.1 Å². The van der Waals surface area contributed by atoms with Crippen molar-refractivity contribution in [3.8, 4) is 0 Å². The van der Waals surface area contributed by atoms with Gasteiger partial charge < -0.3 is 19.5 Å². The summed E-state index contributed by atoms with van der Waals surface area (Å²) in [6, 6.07) is 0. The van der Waals surface area contributed by atoms with Crippen LogP contribution in [0.2, 0.25) is 0 Å². The van der Waals surface area contributed by atoms with Gasteiger partial charge in [0, 0.05) is 7.11 Å². The van der Waals surface area contributed by atoms with E-state index in [0.717, 1.165) is 19.3 Å². The highest BCUT2D eigenvalue weighted by molar-refractivity contribution is 5.86. The Labute approximate surface area is 113 Å². The molecule has 0 unspecified atom stereocenters. The van der Waals surface area contributed by atoms with E-state index in [2.05, 4.69) is 5.32 Å². The summed E-state index contributed by atoms with van der Waals surface area (Å²) in [7, 11) is 1.53. The van der Waals surface area contributed by atoms with Crippen LogP contribution in [0.4, 0.5) is 4.79 Å². The minimum atomic E-state index is -0.903. The molecular formula is C13H23NO5. The number of nitrogens with one attached hydrogen (secondary N) is 1. The lowest BCUT2D eigenvalue weighted by Crippen LogP contribution is -2.53. The SMILES string of the molecule is CCCOC(=O)C1(NC(=O)OCCOC)CCCC1. The molecule has 6 heteroatoms. The summed E-state index contributed by atoms with van der Waals surface area (Å²) >= 11 is 0. The lowest BCUT2D eigenvalue weighted by Gasteiger charge is -2.27. The summed E-state index contributed by atoms with van der Waals surface area (Å²) in [5, 5.41) is 2.67. The molecule has 0 bridgehead atoms. The van der Waals surface area contributed by atoms with Gasteiger partial charge in [0.25, 0.3) is 0 Å². The summed E-state index contributed by atoms with van der Waals surface area (Å²) in [5.41, 5.74) is -0.903. The molecule has 1 aliphatic carbocycles. The second kappa shape index (κ2) is 7.99. The molecular weight excluding hydrogens is 250 g/mol. The molecule has 1 amide bonds. The first-order valence-electron chi connectivity index (χ1n) is 6.75. The fraction of sp³-hybridized carbons (Fsp3) is 0.846. The normalized spacial score (nSPS) is 16.9. The average Bonchev–Trinajstić information content (AvgIpc) is 2.86. The number of alkyl carbamates (subject to hydrolysis) is 1. The van der Waals surface area contributed by atoms with Crippen molar-refractivity contribution in [3.05, 3.63) is 0 Å². The van der Waals surface area contributed by atoms with Gasteiger partial charge in [-0.25, -0.2) is 9.59 Å². The summed E-state index contributed by atoms with van der Waals surface area (Å²) in [6.45, 7) is 2.81. The van der Waals surface area contributed by atoms with E-state index in [4.69, 9.17) is 14.2 Å². The first kappa shape index (κ1) is 15.8. The van der Waals surface area contributed by atoms with Gasteiger partial charge in [-0.3, -0.25) is 0 Å². The Morgan fingerprint density at radius 1 is 1.11 bits per heavy atom. The number of ether oxygens (including phenoxy) is 3. The maximum absolute atomic E-state index is 12.1. The molecule has 0 saturated heterocycles.